The number of H-pyrrole nitrogens is 1. The molecule has 6 nitrogen and oxygen atoms in total. The van der Waals surface area contributed by atoms with Crippen LogP contribution in [0.5, 0.6) is 0 Å². The maximum atomic E-state index is 9.89. The van der Waals surface area contributed by atoms with Crippen LogP contribution in [0.25, 0.3) is 0 Å². The second-order valence-corrected chi connectivity index (χ2v) is 5.91. The average Bonchev–Trinajstić information content (AvgIpc) is 2.94. The molecule has 0 radical (unpaired) electrons. The Kier molecular flexibility index (Phi) is 2.79. The van der Waals surface area contributed by atoms with Crippen molar-refractivity contribution in [3.63, 3.8) is 0 Å². The lowest BCUT2D eigenvalue weighted by molar-refractivity contribution is 0.0692. The highest BCUT2D eigenvalue weighted by Gasteiger charge is 2.36. The van der Waals surface area contributed by atoms with E-state index in [1.807, 2.05) is 0 Å². The molecule has 3 rings (SSSR count). The van der Waals surface area contributed by atoms with E-state index in [1.165, 1.54) is 12.8 Å². The van der Waals surface area contributed by atoms with Crippen molar-refractivity contribution in [2.24, 2.45) is 5.92 Å². The largest absolute Gasteiger partial charge is 0.382 e. The fourth-order valence-electron chi connectivity index (χ4n) is 2.88. The third-order valence-electron chi connectivity index (χ3n) is 3.94. The first-order valence-corrected chi connectivity index (χ1v) is 6.67. The number of rotatable bonds is 2. The summed E-state index contributed by atoms with van der Waals surface area (Å²) in [4.78, 5) is 6.61. The van der Waals surface area contributed by atoms with Gasteiger partial charge in [-0.15, -0.1) is 5.10 Å². The van der Waals surface area contributed by atoms with E-state index in [-0.39, 0.29) is 0 Å². The summed E-state index contributed by atoms with van der Waals surface area (Å²) in [5, 5.41) is 20.5. The summed E-state index contributed by atoms with van der Waals surface area (Å²) in [6, 6.07) is 0.572. The third kappa shape index (κ3) is 2.10. The number of nitrogens with one attached hydrogen (secondary N) is 2. The molecule has 100 valence electrons. The number of piperidine rings is 1. The molecule has 2 aliphatic rings. The van der Waals surface area contributed by atoms with Gasteiger partial charge in [-0.05, 0) is 39.2 Å². The smallest absolute Gasteiger partial charge is 0.244 e. The van der Waals surface area contributed by atoms with Crippen molar-refractivity contribution >= 4 is 5.95 Å². The molecule has 2 fully saturated rings. The van der Waals surface area contributed by atoms with Crippen LogP contribution in [0.3, 0.4) is 0 Å². The molecule has 2 unspecified atom stereocenters. The van der Waals surface area contributed by atoms with Gasteiger partial charge < -0.3 is 15.3 Å². The van der Waals surface area contributed by atoms with Crippen LogP contribution in [0.2, 0.25) is 0 Å². The highest BCUT2D eigenvalue weighted by Crippen LogP contribution is 2.28. The molecule has 0 spiro atoms. The number of anilines is 1. The Labute approximate surface area is 107 Å². The molecule has 18 heavy (non-hydrogen) atoms. The quantitative estimate of drug-likeness (QED) is 0.701. The first-order valence-electron chi connectivity index (χ1n) is 6.67. The predicted molar refractivity (Wildman–Crippen MR) is 68.4 cm³/mol. The molecule has 1 aromatic rings. The summed E-state index contributed by atoms with van der Waals surface area (Å²) in [5.74, 6) is 1.95. The molecule has 2 aliphatic heterocycles. The van der Waals surface area contributed by atoms with Gasteiger partial charge in [0.15, 0.2) is 5.82 Å². The van der Waals surface area contributed by atoms with Crippen molar-refractivity contribution < 1.29 is 5.11 Å². The van der Waals surface area contributed by atoms with Gasteiger partial charge in [0.05, 0.1) is 0 Å². The molecule has 3 N–H and O–H groups in total. The van der Waals surface area contributed by atoms with Gasteiger partial charge in [-0.2, -0.15) is 4.98 Å². The predicted octanol–water partition coefficient (Wildman–Crippen LogP) is 0.220. The Balaban J connectivity index is 1.74. The van der Waals surface area contributed by atoms with Gasteiger partial charge >= 0.3 is 0 Å². The Hall–Kier alpha value is -1.14. The molecular formula is C12H21N5O. The lowest BCUT2D eigenvalue weighted by Gasteiger charge is -2.24. The number of aliphatic hydroxyl groups is 1. The summed E-state index contributed by atoms with van der Waals surface area (Å²) in [6.45, 7) is 6.53. The van der Waals surface area contributed by atoms with Crippen molar-refractivity contribution in [3.05, 3.63) is 5.82 Å². The first-order chi connectivity index (χ1) is 8.54. The highest BCUT2D eigenvalue weighted by molar-refractivity contribution is 5.33. The lowest BCUT2D eigenvalue weighted by atomic mass is 9.94. The van der Waals surface area contributed by atoms with Gasteiger partial charge in [0.2, 0.25) is 5.95 Å². The topological polar surface area (TPSA) is 77.1 Å². The van der Waals surface area contributed by atoms with Crippen molar-refractivity contribution in [1.82, 2.24) is 20.5 Å². The Bertz CT molecular complexity index is 410. The Morgan fingerprint density at radius 3 is 2.89 bits per heavy atom. The van der Waals surface area contributed by atoms with Crippen molar-refractivity contribution in [1.29, 1.82) is 0 Å². The van der Waals surface area contributed by atoms with Gasteiger partial charge in [-0.3, -0.25) is 5.10 Å². The van der Waals surface area contributed by atoms with Gasteiger partial charge in [0.1, 0.15) is 5.60 Å². The average molecular weight is 251 g/mol. The molecule has 2 atom stereocenters. The summed E-state index contributed by atoms with van der Waals surface area (Å²) in [6.07, 6.45) is 2.55. The van der Waals surface area contributed by atoms with E-state index in [1.54, 1.807) is 13.8 Å². The Morgan fingerprint density at radius 2 is 2.22 bits per heavy atom. The molecule has 3 heterocycles. The van der Waals surface area contributed by atoms with Gasteiger partial charge in [0.25, 0.3) is 0 Å². The standard InChI is InChI=1S/C12H21N5O/c1-12(2,18)10-14-11(16-15-10)17-6-8-4-3-5-13-9(8)7-17/h8-9,13,18H,3-7H2,1-2H3,(H,14,15,16). The fraction of sp³-hybridized carbons (Fsp3) is 0.833. The number of hydrogen-bond donors (Lipinski definition) is 3. The van der Waals surface area contributed by atoms with Gasteiger partial charge in [0, 0.05) is 19.1 Å². The minimum atomic E-state index is -0.962. The molecule has 1 aromatic heterocycles. The molecule has 2 saturated heterocycles. The van der Waals surface area contributed by atoms with Crippen LogP contribution in [-0.4, -0.2) is 46.0 Å². The van der Waals surface area contributed by atoms with E-state index >= 15 is 0 Å². The molecule has 0 aliphatic carbocycles. The summed E-state index contributed by atoms with van der Waals surface area (Å²) in [7, 11) is 0. The second-order valence-electron chi connectivity index (χ2n) is 5.91. The zero-order valence-corrected chi connectivity index (χ0v) is 11.0. The van der Waals surface area contributed by atoms with E-state index in [0.29, 0.717) is 23.7 Å². The van der Waals surface area contributed by atoms with E-state index in [4.69, 9.17) is 0 Å². The van der Waals surface area contributed by atoms with E-state index in [2.05, 4.69) is 25.4 Å². The SMILES string of the molecule is CC(C)(O)c1nc(N2CC3CCCNC3C2)n[nH]1. The number of fused-ring (bicyclic) bond motifs is 1. The number of aromatic amines is 1. The second kappa shape index (κ2) is 4.20. The normalized spacial score (nSPS) is 28.5. The third-order valence-corrected chi connectivity index (χ3v) is 3.94. The molecule has 0 aromatic carbocycles. The molecule has 0 saturated carbocycles. The van der Waals surface area contributed by atoms with E-state index in [9.17, 15) is 5.11 Å². The van der Waals surface area contributed by atoms with E-state index < -0.39 is 5.60 Å². The van der Waals surface area contributed by atoms with E-state index in [0.717, 1.165) is 19.6 Å². The minimum absolute atomic E-state index is 0.528. The summed E-state index contributed by atoms with van der Waals surface area (Å²) >= 11 is 0. The van der Waals surface area contributed by atoms with Crippen molar-refractivity contribution in [3.8, 4) is 0 Å². The highest BCUT2D eigenvalue weighted by atomic mass is 16.3. The van der Waals surface area contributed by atoms with Crippen molar-refractivity contribution in [2.45, 2.75) is 38.3 Å². The minimum Gasteiger partial charge on any atom is -0.382 e. The van der Waals surface area contributed by atoms with Crippen LogP contribution >= 0.6 is 0 Å². The molecule has 6 heteroatoms. The van der Waals surface area contributed by atoms with Crippen LogP contribution in [-0.2, 0) is 5.60 Å². The van der Waals surface area contributed by atoms with Crippen molar-refractivity contribution in [2.75, 3.05) is 24.5 Å². The maximum absolute atomic E-state index is 9.89. The van der Waals surface area contributed by atoms with Crippen LogP contribution in [0.1, 0.15) is 32.5 Å². The molecular weight excluding hydrogens is 230 g/mol. The number of nitrogens with zero attached hydrogens (tertiary/aromatic N) is 3. The Morgan fingerprint density at radius 1 is 1.39 bits per heavy atom. The first kappa shape index (κ1) is 11.9. The summed E-state index contributed by atoms with van der Waals surface area (Å²) < 4.78 is 0. The summed E-state index contributed by atoms with van der Waals surface area (Å²) in [5.41, 5.74) is -0.962. The van der Waals surface area contributed by atoms with Crippen LogP contribution in [0, 0.1) is 5.92 Å². The van der Waals surface area contributed by atoms with Crippen LogP contribution < -0.4 is 10.2 Å². The fourth-order valence-corrected chi connectivity index (χ4v) is 2.88. The number of aromatic nitrogens is 3. The molecule has 0 amide bonds. The lowest BCUT2D eigenvalue weighted by Crippen LogP contribution is -2.40. The maximum Gasteiger partial charge on any atom is 0.244 e. The monoisotopic (exact) mass is 251 g/mol. The zero-order valence-electron chi connectivity index (χ0n) is 11.0. The zero-order chi connectivity index (χ0) is 12.8. The van der Waals surface area contributed by atoms with Crippen LogP contribution in [0.15, 0.2) is 0 Å². The van der Waals surface area contributed by atoms with Gasteiger partial charge in [-0.25, -0.2) is 0 Å². The molecule has 0 bridgehead atoms. The number of hydrogen-bond acceptors (Lipinski definition) is 5. The van der Waals surface area contributed by atoms with Crippen LogP contribution in [0.4, 0.5) is 5.95 Å². The van der Waals surface area contributed by atoms with Gasteiger partial charge in [-0.1, -0.05) is 0 Å².